The van der Waals surface area contributed by atoms with Crippen molar-refractivity contribution in [1.82, 2.24) is 19.7 Å². The largest absolute Gasteiger partial charge is 0.444 e. The van der Waals surface area contributed by atoms with Gasteiger partial charge in [0, 0.05) is 23.7 Å². The molecule has 0 spiro atoms. The van der Waals surface area contributed by atoms with Gasteiger partial charge in [-0.05, 0) is 58.7 Å². The summed E-state index contributed by atoms with van der Waals surface area (Å²) in [5, 5.41) is 10.0. The predicted molar refractivity (Wildman–Crippen MR) is 113 cm³/mol. The monoisotopic (exact) mass is 455 g/mol. The summed E-state index contributed by atoms with van der Waals surface area (Å²) < 4.78 is 30.8. The molecule has 0 aliphatic carbocycles. The van der Waals surface area contributed by atoms with Crippen molar-refractivity contribution in [1.29, 1.82) is 0 Å². The van der Waals surface area contributed by atoms with Gasteiger partial charge in [-0.25, -0.2) is 28.0 Å². The standard InChI is InChI=1S/C19H26ClN5O4S/c1-12-22-17(13-9-14(20)11-16(10-13)30(21,27)28)25(23-12)15-5-7-24(8-6-15)18(26)29-19(2,3)4/h9-11,15H,5-8H2,1-4H3,(H2,21,27,28). The van der Waals surface area contributed by atoms with Crippen LogP contribution in [0, 0.1) is 6.92 Å². The number of halogens is 1. The van der Waals surface area contributed by atoms with Crippen LogP contribution in [0.2, 0.25) is 5.02 Å². The van der Waals surface area contributed by atoms with E-state index in [2.05, 4.69) is 10.1 Å². The normalized spacial score (nSPS) is 16.0. The van der Waals surface area contributed by atoms with E-state index in [1.54, 1.807) is 22.6 Å². The van der Waals surface area contributed by atoms with Gasteiger partial charge in [-0.15, -0.1) is 0 Å². The van der Waals surface area contributed by atoms with Crippen LogP contribution in [-0.2, 0) is 14.8 Å². The second kappa shape index (κ2) is 8.16. The van der Waals surface area contributed by atoms with Gasteiger partial charge in [-0.2, -0.15) is 5.10 Å². The number of sulfonamides is 1. The smallest absolute Gasteiger partial charge is 0.410 e. The summed E-state index contributed by atoms with van der Waals surface area (Å²) in [6.07, 6.45) is 0.999. The maximum absolute atomic E-state index is 12.3. The van der Waals surface area contributed by atoms with Crippen LogP contribution in [0.5, 0.6) is 0 Å². The minimum atomic E-state index is -3.92. The molecule has 1 aromatic carbocycles. The Labute approximate surface area is 181 Å². The van der Waals surface area contributed by atoms with Gasteiger partial charge in [-0.3, -0.25) is 0 Å². The number of piperidine rings is 1. The number of amides is 1. The summed E-state index contributed by atoms with van der Waals surface area (Å²) in [5.74, 6) is 1.06. The molecule has 1 aliphatic heterocycles. The number of benzene rings is 1. The molecule has 0 radical (unpaired) electrons. The number of hydrogen-bond acceptors (Lipinski definition) is 6. The van der Waals surface area contributed by atoms with Crippen LogP contribution in [-0.4, -0.2) is 52.9 Å². The van der Waals surface area contributed by atoms with Crippen LogP contribution in [0.1, 0.15) is 45.5 Å². The molecule has 9 nitrogen and oxygen atoms in total. The molecule has 2 N–H and O–H groups in total. The maximum Gasteiger partial charge on any atom is 0.410 e. The molecule has 164 valence electrons. The average Bonchev–Trinajstić information content (AvgIpc) is 3.01. The van der Waals surface area contributed by atoms with Crippen LogP contribution in [0.3, 0.4) is 0 Å². The lowest BCUT2D eigenvalue weighted by Gasteiger charge is -2.33. The third-order valence-corrected chi connectivity index (χ3v) is 5.77. The van der Waals surface area contributed by atoms with E-state index in [0.29, 0.717) is 43.1 Å². The highest BCUT2D eigenvalue weighted by Gasteiger charge is 2.29. The lowest BCUT2D eigenvalue weighted by atomic mass is 10.0. The third kappa shape index (κ3) is 5.30. The molecule has 0 bridgehead atoms. The predicted octanol–water partition coefficient (Wildman–Crippen LogP) is 3.13. The quantitative estimate of drug-likeness (QED) is 0.758. The van der Waals surface area contributed by atoms with Crippen molar-refractivity contribution in [2.45, 2.75) is 57.1 Å². The highest BCUT2D eigenvalue weighted by atomic mass is 35.5. The minimum Gasteiger partial charge on any atom is -0.444 e. The molecule has 1 aliphatic rings. The van der Waals surface area contributed by atoms with E-state index in [4.69, 9.17) is 21.5 Å². The van der Waals surface area contributed by atoms with E-state index in [1.807, 2.05) is 20.8 Å². The van der Waals surface area contributed by atoms with Gasteiger partial charge in [-0.1, -0.05) is 11.6 Å². The zero-order chi connectivity index (χ0) is 22.3. The van der Waals surface area contributed by atoms with Crippen molar-refractivity contribution in [3.8, 4) is 11.4 Å². The first-order valence-electron chi connectivity index (χ1n) is 9.58. The fourth-order valence-corrected chi connectivity index (χ4v) is 4.24. The summed E-state index contributed by atoms with van der Waals surface area (Å²) in [4.78, 5) is 18.4. The number of nitrogens with two attached hydrogens (primary N) is 1. The molecule has 0 unspecified atom stereocenters. The van der Waals surface area contributed by atoms with E-state index in [-0.39, 0.29) is 22.1 Å². The van der Waals surface area contributed by atoms with Gasteiger partial charge in [0.15, 0.2) is 5.82 Å². The number of primary sulfonamides is 1. The molecule has 0 saturated carbocycles. The average molecular weight is 456 g/mol. The molecule has 3 rings (SSSR count). The lowest BCUT2D eigenvalue weighted by Crippen LogP contribution is -2.42. The molecular weight excluding hydrogens is 430 g/mol. The molecule has 1 saturated heterocycles. The van der Waals surface area contributed by atoms with E-state index >= 15 is 0 Å². The number of rotatable bonds is 3. The van der Waals surface area contributed by atoms with Crippen molar-refractivity contribution in [2.24, 2.45) is 5.14 Å². The molecule has 1 amide bonds. The van der Waals surface area contributed by atoms with Crippen LogP contribution in [0.15, 0.2) is 23.1 Å². The van der Waals surface area contributed by atoms with Crippen LogP contribution < -0.4 is 5.14 Å². The second-order valence-electron chi connectivity index (χ2n) is 8.35. The van der Waals surface area contributed by atoms with Gasteiger partial charge in [0.1, 0.15) is 11.4 Å². The van der Waals surface area contributed by atoms with Crippen molar-refractivity contribution in [3.63, 3.8) is 0 Å². The second-order valence-corrected chi connectivity index (χ2v) is 10.3. The number of carbonyl (C=O) groups excluding carboxylic acids is 1. The van der Waals surface area contributed by atoms with Gasteiger partial charge >= 0.3 is 6.09 Å². The Balaban J connectivity index is 1.84. The Bertz CT molecular complexity index is 1050. The number of likely N-dealkylation sites (tertiary alicyclic amines) is 1. The summed E-state index contributed by atoms with van der Waals surface area (Å²) in [5.41, 5.74) is -0.0285. The summed E-state index contributed by atoms with van der Waals surface area (Å²) in [7, 11) is -3.92. The van der Waals surface area contributed by atoms with E-state index in [1.165, 1.54) is 12.1 Å². The summed E-state index contributed by atoms with van der Waals surface area (Å²) in [6, 6.07) is 4.37. The maximum atomic E-state index is 12.3. The Morgan fingerprint density at radius 3 is 2.43 bits per heavy atom. The number of aromatic nitrogens is 3. The van der Waals surface area contributed by atoms with Gasteiger partial charge in [0.2, 0.25) is 10.0 Å². The van der Waals surface area contributed by atoms with Gasteiger partial charge < -0.3 is 9.64 Å². The van der Waals surface area contributed by atoms with E-state index < -0.39 is 15.6 Å². The molecule has 2 heterocycles. The van der Waals surface area contributed by atoms with E-state index in [9.17, 15) is 13.2 Å². The van der Waals surface area contributed by atoms with Crippen LogP contribution in [0.4, 0.5) is 4.79 Å². The zero-order valence-corrected chi connectivity index (χ0v) is 19.0. The van der Waals surface area contributed by atoms with E-state index in [0.717, 1.165) is 0 Å². The Hall–Kier alpha value is -2.17. The van der Waals surface area contributed by atoms with Crippen molar-refractivity contribution in [3.05, 3.63) is 29.0 Å². The summed E-state index contributed by atoms with van der Waals surface area (Å²) in [6.45, 7) is 8.32. The number of aryl methyl sites for hydroxylation is 1. The number of ether oxygens (including phenoxy) is 1. The van der Waals surface area contributed by atoms with Crippen molar-refractivity contribution >= 4 is 27.7 Å². The number of hydrogen-bond donors (Lipinski definition) is 1. The highest BCUT2D eigenvalue weighted by Crippen LogP contribution is 2.31. The Kier molecular flexibility index (Phi) is 6.13. The van der Waals surface area contributed by atoms with Crippen molar-refractivity contribution < 1.29 is 17.9 Å². The number of carbonyl (C=O) groups is 1. The first-order chi connectivity index (χ1) is 13.8. The molecule has 30 heavy (non-hydrogen) atoms. The van der Waals surface area contributed by atoms with Crippen LogP contribution >= 0.6 is 11.6 Å². The summed E-state index contributed by atoms with van der Waals surface area (Å²) >= 11 is 6.12. The molecule has 1 fully saturated rings. The van der Waals surface area contributed by atoms with Gasteiger partial charge in [0.05, 0.1) is 10.9 Å². The minimum absolute atomic E-state index is 0.00296. The Morgan fingerprint density at radius 1 is 1.23 bits per heavy atom. The van der Waals surface area contributed by atoms with Crippen molar-refractivity contribution in [2.75, 3.05) is 13.1 Å². The molecule has 2 aromatic rings. The fraction of sp³-hybridized carbons (Fsp3) is 0.526. The molecule has 0 atom stereocenters. The first-order valence-corrected chi connectivity index (χ1v) is 11.5. The SMILES string of the molecule is Cc1nc(-c2cc(Cl)cc(S(N)(=O)=O)c2)n(C2CCN(C(=O)OC(C)(C)C)CC2)n1. The highest BCUT2D eigenvalue weighted by molar-refractivity contribution is 7.89. The van der Waals surface area contributed by atoms with Gasteiger partial charge in [0.25, 0.3) is 0 Å². The fourth-order valence-electron chi connectivity index (χ4n) is 3.36. The lowest BCUT2D eigenvalue weighted by molar-refractivity contribution is 0.0185. The third-order valence-electron chi connectivity index (χ3n) is 4.66. The number of nitrogens with zero attached hydrogens (tertiary/aromatic N) is 4. The molecular formula is C19H26ClN5O4S. The Morgan fingerprint density at radius 2 is 1.87 bits per heavy atom. The molecule has 1 aromatic heterocycles. The topological polar surface area (TPSA) is 120 Å². The first kappa shape index (κ1) is 22.5. The molecule has 11 heteroatoms. The zero-order valence-electron chi connectivity index (χ0n) is 17.4. The van der Waals surface area contributed by atoms with Crippen LogP contribution in [0.25, 0.3) is 11.4 Å².